The largest absolute Gasteiger partial charge is 0.353 e. The molecule has 1 fully saturated rings. The van der Waals surface area contributed by atoms with Crippen molar-refractivity contribution >= 4 is 5.91 Å². The molecule has 1 amide bonds. The predicted octanol–water partition coefficient (Wildman–Crippen LogP) is 2.73. The van der Waals surface area contributed by atoms with E-state index in [4.69, 9.17) is 0 Å². The number of hydrogen-bond acceptors (Lipinski definition) is 1. The number of nitrogens with one attached hydrogen (secondary N) is 1. The van der Waals surface area contributed by atoms with Gasteiger partial charge in [-0.15, -0.1) is 0 Å². The number of rotatable bonds is 1. The molecule has 0 aliphatic heterocycles. The summed E-state index contributed by atoms with van der Waals surface area (Å²) in [6, 6.07) is 0.422. The Bertz CT molecular complexity index is 205. The molecule has 0 unspecified atom stereocenters. The van der Waals surface area contributed by atoms with Crippen molar-refractivity contribution in [3.8, 4) is 0 Å². The molecule has 1 saturated carbocycles. The summed E-state index contributed by atoms with van der Waals surface area (Å²) in [5.41, 5.74) is -0.249. The molecule has 1 N–H and O–H groups in total. The van der Waals surface area contributed by atoms with Crippen molar-refractivity contribution in [1.29, 1.82) is 0 Å². The summed E-state index contributed by atoms with van der Waals surface area (Å²) in [6.07, 6.45) is 4.89. The van der Waals surface area contributed by atoms with Crippen LogP contribution in [0, 0.1) is 11.3 Å². The number of amides is 1. The van der Waals surface area contributed by atoms with Gasteiger partial charge in [-0.05, 0) is 18.8 Å². The third-order valence-electron chi connectivity index (χ3n) is 2.95. The summed E-state index contributed by atoms with van der Waals surface area (Å²) in [4.78, 5) is 11.7. The van der Waals surface area contributed by atoms with E-state index in [1.807, 2.05) is 20.8 Å². The molecule has 2 atom stereocenters. The lowest BCUT2D eigenvalue weighted by atomic mass is 9.86. The van der Waals surface area contributed by atoms with Gasteiger partial charge in [0, 0.05) is 11.5 Å². The molecule has 14 heavy (non-hydrogen) atoms. The molecule has 0 radical (unpaired) electrons. The van der Waals surface area contributed by atoms with E-state index in [1.165, 1.54) is 12.8 Å². The van der Waals surface area contributed by atoms with Gasteiger partial charge in [0.25, 0.3) is 0 Å². The van der Waals surface area contributed by atoms with Crippen LogP contribution < -0.4 is 5.32 Å². The molecule has 2 nitrogen and oxygen atoms in total. The number of hydrogen-bond donors (Lipinski definition) is 1. The molecular weight excluding hydrogens is 174 g/mol. The van der Waals surface area contributed by atoms with Crippen LogP contribution in [0.15, 0.2) is 0 Å². The molecule has 2 heteroatoms. The molecule has 0 aromatic heterocycles. The van der Waals surface area contributed by atoms with Gasteiger partial charge in [0.05, 0.1) is 0 Å². The fourth-order valence-electron chi connectivity index (χ4n) is 1.97. The maximum Gasteiger partial charge on any atom is 0.225 e. The van der Waals surface area contributed by atoms with Crippen LogP contribution in [0.3, 0.4) is 0 Å². The molecule has 0 aromatic rings. The Morgan fingerprint density at radius 3 is 2.43 bits per heavy atom. The number of carbonyl (C=O) groups excluding carboxylic acids is 1. The van der Waals surface area contributed by atoms with E-state index < -0.39 is 0 Å². The highest BCUT2D eigenvalue weighted by atomic mass is 16.2. The van der Waals surface area contributed by atoms with Gasteiger partial charge in [-0.3, -0.25) is 4.79 Å². The topological polar surface area (TPSA) is 29.1 Å². The summed E-state index contributed by atoms with van der Waals surface area (Å²) in [6.45, 7) is 8.17. The first-order valence-corrected chi connectivity index (χ1v) is 5.70. The molecule has 0 spiro atoms. The van der Waals surface area contributed by atoms with Gasteiger partial charge in [0.1, 0.15) is 0 Å². The van der Waals surface area contributed by atoms with Gasteiger partial charge in [0.2, 0.25) is 5.91 Å². The second kappa shape index (κ2) is 4.33. The highest BCUT2D eigenvalue weighted by molar-refractivity contribution is 5.81. The van der Waals surface area contributed by atoms with Crippen LogP contribution in [-0.2, 0) is 4.79 Å². The summed E-state index contributed by atoms with van der Waals surface area (Å²) in [5.74, 6) is 0.964. The third-order valence-corrected chi connectivity index (χ3v) is 2.95. The first-order chi connectivity index (χ1) is 6.39. The number of carbonyl (C=O) groups is 1. The lowest BCUT2D eigenvalue weighted by Gasteiger charge is -2.30. The Kier molecular flexibility index (Phi) is 3.57. The third kappa shape index (κ3) is 3.32. The van der Waals surface area contributed by atoms with Crippen molar-refractivity contribution < 1.29 is 4.79 Å². The van der Waals surface area contributed by atoms with Crippen LogP contribution in [0.2, 0.25) is 0 Å². The van der Waals surface area contributed by atoms with Gasteiger partial charge in [-0.25, -0.2) is 0 Å². The van der Waals surface area contributed by atoms with E-state index >= 15 is 0 Å². The van der Waals surface area contributed by atoms with E-state index in [9.17, 15) is 4.79 Å². The molecule has 0 saturated heterocycles. The van der Waals surface area contributed by atoms with Gasteiger partial charge in [0.15, 0.2) is 0 Å². The van der Waals surface area contributed by atoms with Gasteiger partial charge in [-0.1, -0.05) is 40.5 Å². The van der Waals surface area contributed by atoms with E-state index in [-0.39, 0.29) is 11.3 Å². The first-order valence-electron chi connectivity index (χ1n) is 5.70. The van der Waals surface area contributed by atoms with Crippen molar-refractivity contribution in [2.24, 2.45) is 11.3 Å². The average molecular weight is 197 g/mol. The predicted molar refractivity (Wildman–Crippen MR) is 59.0 cm³/mol. The fourth-order valence-corrected chi connectivity index (χ4v) is 1.97. The Hall–Kier alpha value is -0.530. The van der Waals surface area contributed by atoms with Crippen LogP contribution in [0.5, 0.6) is 0 Å². The zero-order valence-electron chi connectivity index (χ0n) is 9.89. The van der Waals surface area contributed by atoms with E-state index in [2.05, 4.69) is 12.2 Å². The van der Waals surface area contributed by atoms with Crippen LogP contribution in [0.1, 0.15) is 53.4 Å². The lowest BCUT2D eigenvalue weighted by molar-refractivity contribution is -0.129. The fraction of sp³-hybridized carbons (Fsp3) is 0.917. The maximum absolute atomic E-state index is 11.7. The SMILES string of the molecule is C[C@H]1CCC[C@H](NC(=O)C(C)(C)C)C1. The smallest absolute Gasteiger partial charge is 0.225 e. The van der Waals surface area contributed by atoms with E-state index in [1.54, 1.807) is 0 Å². The summed E-state index contributed by atoms with van der Waals surface area (Å²) >= 11 is 0. The van der Waals surface area contributed by atoms with Crippen molar-refractivity contribution in [3.63, 3.8) is 0 Å². The zero-order valence-corrected chi connectivity index (χ0v) is 9.89. The quantitative estimate of drug-likeness (QED) is 0.688. The Morgan fingerprint density at radius 2 is 1.93 bits per heavy atom. The normalized spacial score (nSPS) is 28.6. The molecule has 82 valence electrons. The molecule has 0 aromatic carbocycles. The molecule has 1 aliphatic carbocycles. The molecular formula is C12H23NO. The molecule has 1 rings (SSSR count). The standard InChI is InChI=1S/C12H23NO/c1-9-6-5-7-10(8-9)13-11(14)12(2,3)4/h9-10H,5-8H2,1-4H3,(H,13,14)/t9-,10-/m0/s1. The Morgan fingerprint density at radius 1 is 1.29 bits per heavy atom. The first kappa shape index (κ1) is 11.5. The summed E-state index contributed by atoms with van der Waals surface area (Å²) < 4.78 is 0. The molecule has 0 bridgehead atoms. The van der Waals surface area contributed by atoms with Gasteiger partial charge < -0.3 is 5.32 Å². The Balaban J connectivity index is 2.40. The highest BCUT2D eigenvalue weighted by Crippen LogP contribution is 2.24. The second-order valence-corrected chi connectivity index (χ2v) is 5.69. The van der Waals surface area contributed by atoms with Crippen molar-refractivity contribution in [1.82, 2.24) is 5.32 Å². The highest BCUT2D eigenvalue weighted by Gasteiger charge is 2.26. The maximum atomic E-state index is 11.7. The van der Waals surface area contributed by atoms with Crippen LogP contribution in [-0.4, -0.2) is 11.9 Å². The van der Waals surface area contributed by atoms with Crippen molar-refractivity contribution in [3.05, 3.63) is 0 Å². The lowest BCUT2D eigenvalue weighted by Crippen LogP contribution is -2.43. The average Bonchev–Trinajstić information content (AvgIpc) is 2.02. The zero-order chi connectivity index (χ0) is 10.8. The van der Waals surface area contributed by atoms with E-state index in [0.29, 0.717) is 6.04 Å². The molecule has 0 heterocycles. The second-order valence-electron chi connectivity index (χ2n) is 5.69. The summed E-state index contributed by atoms with van der Waals surface area (Å²) in [5, 5.41) is 3.15. The van der Waals surface area contributed by atoms with Crippen LogP contribution >= 0.6 is 0 Å². The minimum atomic E-state index is -0.249. The van der Waals surface area contributed by atoms with Crippen LogP contribution in [0.25, 0.3) is 0 Å². The summed E-state index contributed by atoms with van der Waals surface area (Å²) in [7, 11) is 0. The minimum Gasteiger partial charge on any atom is -0.353 e. The van der Waals surface area contributed by atoms with Gasteiger partial charge >= 0.3 is 0 Å². The monoisotopic (exact) mass is 197 g/mol. The van der Waals surface area contributed by atoms with E-state index in [0.717, 1.165) is 18.8 Å². The van der Waals surface area contributed by atoms with Gasteiger partial charge in [-0.2, -0.15) is 0 Å². The minimum absolute atomic E-state index is 0.191. The molecule has 1 aliphatic rings. The Labute approximate surface area is 87.5 Å². The van der Waals surface area contributed by atoms with Crippen molar-refractivity contribution in [2.45, 2.75) is 59.4 Å². The van der Waals surface area contributed by atoms with Crippen molar-refractivity contribution in [2.75, 3.05) is 0 Å². The van der Waals surface area contributed by atoms with Crippen LogP contribution in [0.4, 0.5) is 0 Å².